The van der Waals surface area contributed by atoms with Crippen molar-refractivity contribution >= 4 is 17.6 Å². The second-order valence-corrected chi connectivity index (χ2v) is 4.73. The maximum absolute atomic E-state index is 13.1. The van der Waals surface area contributed by atoms with Crippen LogP contribution >= 0.6 is 0 Å². The van der Waals surface area contributed by atoms with E-state index in [1.807, 2.05) is 0 Å². The third-order valence-corrected chi connectivity index (χ3v) is 2.98. The zero-order chi connectivity index (χ0) is 14.0. The Bertz CT molecular complexity index is 504. The number of hydrogen-bond donors (Lipinski definition) is 1. The van der Waals surface area contributed by atoms with Crippen LogP contribution in [0.4, 0.5) is 14.9 Å². The highest BCUT2D eigenvalue weighted by molar-refractivity contribution is 5.96. The Kier molecular flexibility index (Phi) is 3.69. The molecule has 0 radical (unpaired) electrons. The Morgan fingerprint density at radius 1 is 1.47 bits per heavy atom. The van der Waals surface area contributed by atoms with Crippen LogP contribution in [0.5, 0.6) is 0 Å². The molecule has 1 fully saturated rings. The minimum atomic E-state index is -0.383. The first kappa shape index (κ1) is 13.3. The molecule has 3 amide bonds. The number of hydrogen-bond acceptors (Lipinski definition) is 2. The van der Waals surface area contributed by atoms with Gasteiger partial charge in [0.1, 0.15) is 5.82 Å². The summed E-state index contributed by atoms with van der Waals surface area (Å²) in [6.07, 6.45) is 0.232. The van der Waals surface area contributed by atoms with Crippen LogP contribution in [0, 0.1) is 5.82 Å². The van der Waals surface area contributed by atoms with E-state index in [2.05, 4.69) is 5.32 Å². The van der Waals surface area contributed by atoms with Gasteiger partial charge in [-0.25, -0.2) is 9.18 Å². The number of benzene rings is 1. The molecule has 1 N–H and O–H groups in total. The van der Waals surface area contributed by atoms with Gasteiger partial charge in [-0.2, -0.15) is 0 Å². The largest absolute Gasteiger partial charge is 0.333 e. The second-order valence-electron chi connectivity index (χ2n) is 4.73. The molecule has 0 saturated carbocycles. The molecule has 0 bridgehead atoms. The van der Waals surface area contributed by atoms with Crippen molar-refractivity contribution in [2.75, 3.05) is 25.5 Å². The van der Waals surface area contributed by atoms with E-state index in [0.717, 1.165) is 0 Å². The molecule has 0 aliphatic carbocycles. The summed E-state index contributed by atoms with van der Waals surface area (Å²) in [6, 6.07) is 5.40. The van der Waals surface area contributed by atoms with E-state index in [1.54, 1.807) is 26.2 Å². The lowest BCUT2D eigenvalue weighted by molar-refractivity contribution is -0.117. The van der Waals surface area contributed by atoms with E-state index in [4.69, 9.17) is 0 Å². The number of anilines is 1. The minimum Gasteiger partial charge on any atom is -0.333 e. The quantitative estimate of drug-likeness (QED) is 0.873. The monoisotopic (exact) mass is 265 g/mol. The number of rotatable bonds is 2. The summed E-state index contributed by atoms with van der Waals surface area (Å²) in [6.45, 7) is 0.363. The lowest BCUT2D eigenvalue weighted by Gasteiger charge is -2.18. The zero-order valence-corrected chi connectivity index (χ0v) is 10.9. The van der Waals surface area contributed by atoms with Gasteiger partial charge in [0.15, 0.2) is 0 Å². The molecule has 0 unspecified atom stereocenters. The van der Waals surface area contributed by atoms with E-state index in [-0.39, 0.29) is 30.2 Å². The summed E-state index contributed by atoms with van der Waals surface area (Å²) < 4.78 is 13.1. The number of nitrogens with one attached hydrogen (secondary N) is 1. The van der Waals surface area contributed by atoms with Gasteiger partial charge in [0, 0.05) is 32.7 Å². The second kappa shape index (κ2) is 5.26. The molecule has 0 aromatic heterocycles. The van der Waals surface area contributed by atoms with Crippen molar-refractivity contribution in [1.82, 2.24) is 10.2 Å². The Hall–Kier alpha value is -2.11. The molecule has 1 atom stereocenters. The van der Waals surface area contributed by atoms with Crippen LogP contribution in [0.15, 0.2) is 24.3 Å². The molecule has 1 aromatic carbocycles. The summed E-state index contributed by atoms with van der Waals surface area (Å²) in [4.78, 5) is 26.3. The highest BCUT2D eigenvalue weighted by atomic mass is 19.1. The highest BCUT2D eigenvalue weighted by Crippen LogP contribution is 2.22. The number of nitrogens with zero attached hydrogens (tertiary/aromatic N) is 2. The molecule has 1 saturated heterocycles. The Morgan fingerprint density at radius 2 is 2.21 bits per heavy atom. The molecule has 5 nitrogen and oxygen atoms in total. The van der Waals surface area contributed by atoms with Crippen molar-refractivity contribution < 1.29 is 14.0 Å². The minimum absolute atomic E-state index is 0.116. The van der Waals surface area contributed by atoms with Crippen molar-refractivity contribution in [2.24, 2.45) is 0 Å². The molecule has 0 spiro atoms. The van der Waals surface area contributed by atoms with Gasteiger partial charge in [-0.15, -0.1) is 0 Å². The van der Waals surface area contributed by atoms with Gasteiger partial charge in [0.2, 0.25) is 5.91 Å². The van der Waals surface area contributed by atoms with Crippen molar-refractivity contribution in [3.05, 3.63) is 30.1 Å². The normalized spacial score (nSPS) is 18.6. The molecule has 102 valence electrons. The van der Waals surface area contributed by atoms with Gasteiger partial charge in [0.05, 0.1) is 6.04 Å². The fourth-order valence-electron chi connectivity index (χ4n) is 2.00. The molecule has 1 aliphatic heterocycles. The number of halogens is 1. The zero-order valence-electron chi connectivity index (χ0n) is 10.9. The smallest absolute Gasteiger partial charge is 0.317 e. The first-order valence-corrected chi connectivity index (χ1v) is 6.01. The topological polar surface area (TPSA) is 52.7 Å². The van der Waals surface area contributed by atoms with E-state index in [0.29, 0.717) is 12.2 Å². The van der Waals surface area contributed by atoms with Crippen LogP contribution in [-0.4, -0.2) is 43.5 Å². The predicted molar refractivity (Wildman–Crippen MR) is 69.4 cm³/mol. The van der Waals surface area contributed by atoms with E-state index in [9.17, 15) is 14.0 Å². The van der Waals surface area contributed by atoms with Crippen LogP contribution in [0.1, 0.15) is 6.42 Å². The van der Waals surface area contributed by atoms with E-state index < -0.39 is 0 Å². The van der Waals surface area contributed by atoms with Crippen molar-refractivity contribution in [3.63, 3.8) is 0 Å². The maximum Gasteiger partial charge on any atom is 0.317 e. The summed E-state index contributed by atoms with van der Waals surface area (Å²) in [5, 5.41) is 2.75. The third kappa shape index (κ3) is 3.01. The van der Waals surface area contributed by atoms with Crippen LogP contribution in [0.25, 0.3) is 0 Å². The SMILES string of the molecule is CN(C)C(=O)N[C@H]1CC(=O)N(c2cccc(F)c2)C1. The average Bonchev–Trinajstić information content (AvgIpc) is 2.70. The third-order valence-electron chi connectivity index (χ3n) is 2.98. The van der Waals surface area contributed by atoms with Crippen molar-refractivity contribution in [2.45, 2.75) is 12.5 Å². The first-order chi connectivity index (χ1) is 8.97. The molecule has 19 heavy (non-hydrogen) atoms. The summed E-state index contributed by atoms with van der Waals surface area (Å²) in [5.41, 5.74) is 0.520. The first-order valence-electron chi connectivity index (χ1n) is 6.01. The van der Waals surface area contributed by atoms with Gasteiger partial charge in [-0.3, -0.25) is 4.79 Å². The number of carbonyl (C=O) groups is 2. The molecule has 2 rings (SSSR count). The van der Waals surface area contributed by atoms with Crippen LogP contribution < -0.4 is 10.2 Å². The van der Waals surface area contributed by atoms with Crippen LogP contribution in [0.3, 0.4) is 0 Å². The predicted octanol–water partition coefficient (Wildman–Crippen LogP) is 1.20. The van der Waals surface area contributed by atoms with Crippen LogP contribution in [-0.2, 0) is 4.79 Å². The number of amides is 3. The summed E-state index contributed by atoms with van der Waals surface area (Å²) in [7, 11) is 3.27. The van der Waals surface area contributed by atoms with Crippen molar-refractivity contribution in [1.29, 1.82) is 0 Å². The lowest BCUT2D eigenvalue weighted by atomic mass is 10.2. The summed E-state index contributed by atoms with van der Waals surface area (Å²) >= 11 is 0. The van der Waals surface area contributed by atoms with Gasteiger partial charge < -0.3 is 15.1 Å². The van der Waals surface area contributed by atoms with E-state index in [1.165, 1.54) is 21.9 Å². The Morgan fingerprint density at radius 3 is 2.84 bits per heavy atom. The van der Waals surface area contributed by atoms with E-state index >= 15 is 0 Å². The van der Waals surface area contributed by atoms with Gasteiger partial charge in [-0.1, -0.05) is 6.07 Å². The molecular formula is C13H16FN3O2. The average molecular weight is 265 g/mol. The Balaban J connectivity index is 2.06. The molecular weight excluding hydrogens is 249 g/mol. The fourth-order valence-corrected chi connectivity index (χ4v) is 2.00. The fraction of sp³-hybridized carbons (Fsp3) is 0.385. The van der Waals surface area contributed by atoms with Gasteiger partial charge in [-0.05, 0) is 18.2 Å². The number of urea groups is 1. The maximum atomic E-state index is 13.1. The molecule has 1 heterocycles. The van der Waals surface area contributed by atoms with Crippen molar-refractivity contribution in [3.8, 4) is 0 Å². The Labute approximate surface area is 111 Å². The molecule has 1 aromatic rings. The molecule has 1 aliphatic rings. The summed E-state index contributed by atoms with van der Waals surface area (Å²) in [5.74, 6) is -0.499. The standard InChI is InChI=1S/C13H16FN3O2/c1-16(2)13(19)15-10-7-12(18)17(8-10)11-5-3-4-9(14)6-11/h3-6,10H,7-8H2,1-2H3,(H,15,19)/t10-/m0/s1. The highest BCUT2D eigenvalue weighted by Gasteiger charge is 2.31. The molecule has 6 heteroatoms. The van der Waals surface area contributed by atoms with Gasteiger partial charge >= 0.3 is 6.03 Å². The lowest BCUT2D eigenvalue weighted by Crippen LogP contribution is -2.42. The number of carbonyl (C=O) groups excluding carboxylic acids is 2. The van der Waals surface area contributed by atoms with Crippen LogP contribution in [0.2, 0.25) is 0 Å². The van der Waals surface area contributed by atoms with Gasteiger partial charge in [0.25, 0.3) is 0 Å².